The molecular formula is C15H26IN3. The first-order valence-electron chi connectivity index (χ1n) is 6.51. The van der Waals surface area contributed by atoms with Crippen molar-refractivity contribution in [1.29, 1.82) is 0 Å². The molecule has 0 atom stereocenters. The van der Waals surface area contributed by atoms with E-state index in [1.54, 1.807) is 0 Å². The Morgan fingerprint density at radius 2 is 1.95 bits per heavy atom. The minimum Gasteiger partial charge on any atom is -0.356 e. The van der Waals surface area contributed by atoms with Crippen molar-refractivity contribution in [3.63, 3.8) is 0 Å². The molecule has 0 saturated carbocycles. The highest BCUT2D eigenvalue weighted by Crippen LogP contribution is 2.09. The lowest BCUT2D eigenvalue weighted by atomic mass is 10.1. The van der Waals surface area contributed by atoms with Crippen LogP contribution < -0.4 is 5.32 Å². The van der Waals surface area contributed by atoms with E-state index in [4.69, 9.17) is 0 Å². The second kappa shape index (κ2) is 9.18. The highest BCUT2D eigenvalue weighted by atomic mass is 127. The molecule has 1 rings (SSSR count). The third-order valence-corrected chi connectivity index (χ3v) is 2.91. The number of halogens is 1. The first kappa shape index (κ1) is 18.2. The molecule has 0 amide bonds. The Kier molecular flexibility index (Phi) is 8.80. The SMILES string of the molecule is CN=C(NCC(C)C)N(C)Cc1ccccc1C.I. The van der Waals surface area contributed by atoms with E-state index in [-0.39, 0.29) is 24.0 Å². The zero-order chi connectivity index (χ0) is 13.5. The van der Waals surface area contributed by atoms with Crippen molar-refractivity contribution in [1.82, 2.24) is 10.2 Å². The molecule has 0 unspecified atom stereocenters. The van der Waals surface area contributed by atoms with Gasteiger partial charge in [-0.3, -0.25) is 4.99 Å². The summed E-state index contributed by atoms with van der Waals surface area (Å²) in [5, 5.41) is 3.38. The molecule has 0 radical (unpaired) electrons. The van der Waals surface area contributed by atoms with Gasteiger partial charge in [-0.15, -0.1) is 24.0 Å². The maximum absolute atomic E-state index is 4.32. The minimum atomic E-state index is 0. The van der Waals surface area contributed by atoms with Crippen molar-refractivity contribution in [3.8, 4) is 0 Å². The number of nitrogens with zero attached hydrogens (tertiary/aromatic N) is 2. The molecule has 3 nitrogen and oxygen atoms in total. The molecule has 19 heavy (non-hydrogen) atoms. The van der Waals surface area contributed by atoms with E-state index < -0.39 is 0 Å². The number of guanidine groups is 1. The molecule has 1 aromatic rings. The summed E-state index contributed by atoms with van der Waals surface area (Å²) in [6.07, 6.45) is 0. The summed E-state index contributed by atoms with van der Waals surface area (Å²) in [6, 6.07) is 8.47. The zero-order valence-corrected chi connectivity index (χ0v) is 14.9. The van der Waals surface area contributed by atoms with Crippen molar-refractivity contribution in [2.75, 3.05) is 20.6 Å². The van der Waals surface area contributed by atoms with E-state index in [1.807, 2.05) is 7.05 Å². The molecule has 0 bridgehead atoms. The summed E-state index contributed by atoms with van der Waals surface area (Å²) in [5.74, 6) is 1.57. The van der Waals surface area contributed by atoms with Gasteiger partial charge in [0.15, 0.2) is 5.96 Å². The average Bonchev–Trinajstić information content (AvgIpc) is 2.32. The van der Waals surface area contributed by atoms with Crippen LogP contribution in [-0.2, 0) is 6.54 Å². The molecule has 0 aromatic heterocycles. The van der Waals surface area contributed by atoms with Gasteiger partial charge in [0, 0.05) is 27.2 Å². The van der Waals surface area contributed by atoms with E-state index in [9.17, 15) is 0 Å². The molecule has 0 saturated heterocycles. The van der Waals surface area contributed by atoms with Crippen LogP contribution in [-0.4, -0.2) is 31.5 Å². The normalized spacial score (nSPS) is 11.2. The minimum absolute atomic E-state index is 0. The molecule has 0 aliphatic heterocycles. The van der Waals surface area contributed by atoms with E-state index >= 15 is 0 Å². The van der Waals surface area contributed by atoms with Crippen LogP contribution in [0, 0.1) is 12.8 Å². The Hall–Kier alpha value is -0.780. The van der Waals surface area contributed by atoms with Gasteiger partial charge in [-0.2, -0.15) is 0 Å². The van der Waals surface area contributed by atoms with Crippen LogP contribution >= 0.6 is 24.0 Å². The fourth-order valence-corrected chi connectivity index (χ4v) is 1.80. The summed E-state index contributed by atoms with van der Waals surface area (Å²) in [6.45, 7) is 8.37. The number of rotatable bonds is 4. The highest BCUT2D eigenvalue weighted by Gasteiger charge is 2.07. The van der Waals surface area contributed by atoms with Gasteiger partial charge in [0.1, 0.15) is 0 Å². The first-order chi connectivity index (χ1) is 8.54. The number of benzene rings is 1. The predicted molar refractivity (Wildman–Crippen MR) is 94.3 cm³/mol. The van der Waals surface area contributed by atoms with E-state index in [2.05, 4.69) is 67.3 Å². The fraction of sp³-hybridized carbons (Fsp3) is 0.533. The summed E-state index contributed by atoms with van der Waals surface area (Å²) in [4.78, 5) is 6.47. The summed E-state index contributed by atoms with van der Waals surface area (Å²) in [5.41, 5.74) is 2.66. The Morgan fingerprint density at radius 3 is 2.47 bits per heavy atom. The van der Waals surface area contributed by atoms with Crippen LogP contribution in [0.5, 0.6) is 0 Å². The third-order valence-electron chi connectivity index (χ3n) is 2.91. The maximum Gasteiger partial charge on any atom is 0.193 e. The maximum atomic E-state index is 4.32. The van der Waals surface area contributed by atoms with E-state index in [1.165, 1.54) is 11.1 Å². The number of nitrogens with one attached hydrogen (secondary N) is 1. The van der Waals surface area contributed by atoms with Crippen LogP contribution in [0.1, 0.15) is 25.0 Å². The third kappa shape index (κ3) is 6.27. The Morgan fingerprint density at radius 1 is 1.32 bits per heavy atom. The standard InChI is InChI=1S/C15H25N3.HI/c1-12(2)10-17-15(16-4)18(5)11-14-9-7-6-8-13(14)3;/h6-9,12H,10-11H2,1-5H3,(H,16,17);1H. The number of aryl methyl sites for hydroxylation is 1. The van der Waals surface area contributed by atoms with Gasteiger partial charge in [0.25, 0.3) is 0 Å². The first-order valence-corrected chi connectivity index (χ1v) is 6.51. The van der Waals surface area contributed by atoms with Crippen molar-refractivity contribution >= 4 is 29.9 Å². The summed E-state index contributed by atoms with van der Waals surface area (Å²) < 4.78 is 0. The molecule has 0 heterocycles. The molecule has 1 aromatic carbocycles. The van der Waals surface area contributed by atoms with Gasteiger partial charge < -0.3 is 10.2 Å². The molecule has 0 spiro atoms. The second-order valence-electron chi connectivity index (χ2n) is 5.10. The Balaban J connectivity index is 0.00000324. The molecule has 0 fully saturated rings. The van der Waals surface area contributed by atoms with Crippen LogP contribution in [0.3, 0.4) is 0 Å². The van der Waals surface area contributed by atoms with Crippen molar-refractivity contribution < 1.29 is 0 Å². The van der Waals surface area contributed by atoms with Gasteiger partial charge in [-0.1, -0.05) is 38.1 Å². The van der Waals surface area contributed by atoms with Gasteiger partial charge >= 0.3 is 0 Å². The van der Waals surface area contributed by atoms with E-state index in [0.717, 1.165) is 19.0 Å². The largest absolute Gasteiger partial charge is 0.356 e. The lowest BCUT2D eigenvalue weighted by Crippen LogP contribution is -2.40. The van der Waals surface area contributed by atoms with Crippen LogP contribution in [0.2, 0.25) is 0 Å². The molecule has 4 heteroatoms. The summed E-state index contributed by atoms with van der Waals surface area (Å²) >= 11 is 0. The monoisotopic (exact) mass is 375 g/mol. The van der Waals surface area contributed by atoms with Gasteiger partial charge in [0.05, 0.1) is 0 Å². The van der Waals surface area contributed by atoms with Gasteiger partial charge in [0.2, 0.25) is 0 Å². The molecular weight excluding hydrogens is 349 g/mol. The molecule has 0 aliphatic rings. The number of hydrogen-bond donors (Lipinski definition) is 1. The second-order valence-corrected chi connectivity index (χ2v) is 5.10. The smallest absolute Gasteiger partial charge is 0.193 e. The lowest BCUT2D eigenvalue weighted by molar-refractivity contribution is 0.466. The average molecular weight is 375 g/mol. The van der Waals surface area contributed by atoms with E-state index in [0.29, 0.717) is 5.92 Å². The summed E-state index contributed by atoms with van der Waals surface area (Å²) in [7, 11) is 3.90. The number of hydrogen-bond acceptors (Lipinski definition) is 1. The number of aliphatic imine (C=N–C) groups is 1. The topological polar surface area (TPSA) is 27.6 Å². The highest BCUT2D eigenvalue weighted by molar-refractivity contribution is 14.0. The van der Waals surface area contributed by atoms with Gasteiger partial charge in [-0.05, 0) is 24.0 Å². The quantitative estimate of drug-likeness (QED) is 0.497. The predicted octanol–water partition coefficient (Wildman–Crippen LogP) is 3.28. The molecule has 1 N–H and O–H groups in total. The van der Waals surface area contributed by atoms with Crippen molar-refractivity contribution in [2.45, 2.75) is 27.3 Å². The van der Waals surface area contributed by atoms with Crippen molar-refractivity contribution in [2.24, 2.45) is 10.9 Å². The van der Waals surface area contributed by atoms with Crippen LogP contribution in [0.4, 0.5) is 0 Å². The zero-order valence-electron chi connectivity index (χ0n) is 12.6. The fourth-order valence-electron chi connectivity index (χ4n) is 1.80. The van der Waals surface area contributed by atoms with Crippen LogP contribution in [0.15, 0.2) is 29.3 Å². The lowest BCUT2D eigenvalue weighted by Gasteiger charge is -2.23. The van der Waals surface area contributed by atoms with Crippen molar-refractivity contribution in [3.05, 3.63) is 35.4 Å². The van der Waals surface area contributed by atoms with Gasteiger partial charge in [-0.25, -0.2) is 0 Å². The Bertz CT molecular complexity index is 402. The Labute approximate surface area is 134 Å². The molecule has 108 valence electrons. The van der Waals surface area contributed by atoms with Crippen LogP contribution in [0.25, 0.3) is 0 Å². The molecule has 0 aliphatic carbocycles.